The SMILES string of the molecule is CCOC(=S)SCC(CSC(=S)OCC)N(CC)CC.O=C(O)C(=O)O. The molecule has 152 valence electrons. The van der Waals surface area contributed by atoms with Crippen molar-refractivity contribution in [2.45, 2.75) is 33.7 Å². The van der Waals surface area contributed by atoms with Crippen molar-refractivity contribution in [3.63, 3.8) is 0 Å². The van der Waals surface area contributed by atoms with Crippen LogP contribution in [-0.2, 0) is 19.1 Å². The van der Waals surface area contributed by atoms with E-state index in [1.807, 2.05) is 13.8 Å². The van der Waals surface area contributed by atoms with Crippen molar-refractivity contribution in [1.29, 1.82) is 0 Å². The number of hydrogen-bond donors (Lipinski definition) is 2. The number of carboxylic acids is 2. The van der Waals surface area contributed by atoms with Gasteiger partial charge in [-0.05, 0) is 51.4 Å². The van der Waals surface area contributed by atoms with Gasteiger partial charge >= 0.3 is 11.9 Å². The Balaban J connectivity index is 0. The maximum atomic E-state index is 9.10. The van der Waals surface area contributed by atoms with Gasteiger partial charge in [0.1, 0.15) is 0 Å². The zero-order valence-corrected chi connectivity index (χ0v) is 18.7. The molecule has 2 N–H and O–H groups in total. The summed E-state index contributed by atoms with van der Waals surface area (Å²) in [5.41, 5.74) is 0. The Morgan fingerprint density at radius 3 is 1.46 bits per heavy atom. The Hall–Kier alpha value is -0.620. The first-order valence-electron chi connectivity index (χ1n) is 8.02. The second kappa shape index (κ2) is 17.8. The van der Waals surface area contributed by atoms with Gasteiger partial charge in [0.2, 0.25) is 8.77 Å². The van der Waals surface area contributed by atoms with Crippen LogP contribution >= 0.6 is 48.0 Å². The minimum absolute atomic E-state index is 0.414. The third kappa shape index (κ3) is 15.6. The molecule has 0 saturated heterocycles. The molecular weight excluding hydrogens is 418 g/mol. The predicted octanol–water partition coefficient (Wildman–Crippen LogP) is 2.96. The molecule has 0 bridgehead atoms. The molecule has 0 aromatic heterocycles. The van der Waals surface area contributed by atoms with Gasteiger partial charge in [0.15, 0.2) is 0 Å². The number of hydrogen-bond acceptors (Lipinski definition) is 9. The van der Waals surface area contributed by atoms with Crippen molar-refractivity contribution in [3.8, 4) is 0 Å². The van der Waals surface area contributed by atoms with Crippen LogP contribution < -0.4 is 0 Å². The third-order valence-electron chi connectivity index (χ3n) is 2.82. The van der Waals surface area contributed by atoms with E-state index >= 15 is 0 Å². The van der Waals surface area contributed by atoms with Gasteiger partial charge in [0.25, 0.3) is 0 Å². The van der Waals surface area contributed by atoms with Crippen LogP contribution in [0.5, 0.6) is 0 Å². The Kier molecular flexibility index (Phi) is 18.9. The molecule has 26 heavy (non-hydrogen) atoms. The van der Waals surface area contributed by atoms with Crippen LogP contribution in [-0.4, -0.2) is 79.7 Å². The van der Waals surface area contributed by atoms with Crippen LogP contribution in [0.2, 0.25) is 0 Å². The highest BCUT2D eigenvalue weighted by Gasteiger charge is 2.18. The smallest absolute Gasteiger partial charge is 0.414 e. The van der Waals surface area contributed by atoms with E-state index in [0.29, 0.717) is 28.0 Å². The zero-order chi connectivity index (χ0) is 20.5. The fraction of sp³-hybridized carbons (Fsp3) is 0.733. The van der Waals surface area contributed by atoms with Gasteiger partial charge in [-0.2, -0.15) is 0 Å². The molecule has 0 atom stereocenters. The topological polar surface area (TPSA) is 96.3 Å². The molecule has 11 heteroatoms. The third-order valence-corrected chi connectivity index (χ3v) is 5.58. The highest BCUT2D eigenvalue weighted by molar-refractivity contribution is 8.23. The number of carbonyl (C=O) groups is 2. The van der Waals surface area contributed by atoms with E-state index in [2.05, 4.69) is 18.7 Å². The average molecular weight is 446 g/mol. The standard InChI is InChI=1S/C13H25NO2S4.C2H2O4/c1-5-14(6-2)11(9-19-12(17)15-7-3)10-20-13(18)16-8-4;3-1(4)2(5)6/h11H,5-10H2,1-4H3;(H,3,4)(H,5,6). The lowest BCUT2D eigenvalue weighted by Crippen LogP contribution is -2.39. The van der Waals surface area contributed by atoms with Crippen LogP contribution in [0.1, 0.15) is 27.7 Å². The summed E-state index contributed by atoms with van der Waals surface area (Å²) in [6.07, 6.45) is 0. The van der Waals surface area contributed by atoms with E-state index in [4.69, 9.17) is 53.7 Å². The maximum Gasteiger partial charge on any atom is 0.414 e. The molecule has 0 unspecified atom stereocenters. The van der Waals surface area contributed by atoms with Crippen molar-refractivity contribution in [2.75, 3.05) is 37.8 Å². The van der Waals surface area contributed by atoms with Gasteiger partial charge in [-0.3, -0.25) is 4.90 Å². The van der Waals surface area contributed by atoms with Crippen molar-refractivity contribution < 1.29 is 29.3 Å². The molecule has 0 heterocycles. The molecule has 0 aliphatic heterocycles. The lowest BCUT2D eigenvalue weighted by Gasteiger charge is -2.29. The number of rotatable bonds is 9. The predicted molar refractivity (Wildman–Crippen MR) is 115 cm³/mol. The maximum absolute atomic E-state index is 9.10. The molecule has 0 saturated carbocycles. The van der Waals surface area contributed by atoms with Crippen LogP contribution in [0.3, 0.4) is 0 Å². The highest BCUT2D eigenvalue weighted by atomic mass is 32.2. The Labute approximate surface area is 174 Å². The van der Waals surface area contributed by atoms with Crippen LogP contribution in [0.4, 0.5) is 0 Å². The first kappa shape index (κ1) is 27.6. The van der Waals surface area contributed by atoms with E-state index in [1.54, 1.807) is 23.5 Å². The second-order valence-electron chi connectivity index (χ2n) is 4.47. The molecular formula is C15H27NO6S4. The normalized spacial score (nSPS) is 10.1. The molecule has 0 aromatic rings. The number of aliphatic carboxylic acids is 2. The van der Waals surface area contributed by atoms with Crippen molar-refractivity contribution in [3.05, 3.63) is 0 Å². The highest BCUT2D eigenvalue weighted by Crippen LogP contribution is 2.18. The lowest BCUT2D eigenvalue weighted by atomic mass is 10.3. The first-order chi connectivity index (χ1) is 12.2. The van der Waals surface area contributed by atoms with E-state index in [0.717, 1.165) is 24.6 Å². The molecule has 0 fully saturated rings. The van der Waals surface area contributed by atoms with Gasteiger partial charge in [-0.25, -0.2) is 9.59 Å². The molecule has 0 amide bonds. The largest absolute Gasteiger partial charge is 0.479 e. The Morgan fingerprint density at radius 1 is 0.885 bits per heavy atom. The van der Waals surface area contributed by atoms with E-state index in [1.165, 1.54) is 0 Å². The van der Waals surface area contributed by atoms with Crippen molar-refractivity contribution in [1.82, 2.24) is 4.90 Å². The van der Waals surface area contributed by atoms with E-state index in [-0.39, 0.29) is 0 Å². The molecule has 0 spiro atoms. The monoisotopic (exact) mass is 445 g/mol. The number of thioether (sulfide) groups is 2. The van der Waals surface area contributed by atoms with Gasteiger partial charge in [0.05, 0.1) is 13.2 Å². The van der Waals surface area contributed by atoms with Crippen LogP contribution in [0.15, 0.2) is 0 Å². The second-order valence-corrected chi connectivity index (χ2v) is 7.72. The van der Waals surface area contributed by atoms with Gasteiger partial charge in [-0.15, -0.1) is 0 Å². The fourth-order valence-electron chi connectivity index (χ4n) is 1.65. The zero-order valence-electron chi connectivity index (χ0n) is 15.4. The molecule has 0 aromatic carbocycles. The summed E-state index contributed by atoms with van der Waals surface area (Å²) in [7, 11) is 0. The lowest BCUT2D eigenvalue weighted by molar-refractivity contribution is -0.159. The van der Waals surface area contributed by atoms with Gasteiger partial charge < -0.3 is 19.7 Å². The average Bonchev–Trinajstić information content (AvgIpc) is 2.58. The molecule has 0 aliphatic rings. The van der Waals surface area contributed by atoms with Crippen LogP contribution in [0.25, 0.3) is 0 Å². The number of thiocarbonyl (C=S) groups is 2. The summed E-state index contributed by atoms with van der Waals surface area (Å²) in [4.78, 5) is 20.6. The molecule has 0 rings (SSSR count). The van der Waals surface area contributed by atoms with Gasteiger partial charge in [-0.1, -0.05) is 37.4 Å². The fourth-order valence-corrected chi connectivity index (χ4v) is 4.16. The Bertz CT molecular complexity index is 412. The molecule has 7 nitrogen and oxygen atoms in total. The first-order valence-corrected chi connectivity index (χ1v) is 10.8. The minimum atomic E-state index is -1.82. The Morgan fingerprint density at radius 2 is 1.23 bits per heavy atom. The number of ether oxygens (including phenoxy) is 2. The summed E-state index contributed by atoms with van der Waals surface area (Å²) >= 11 is 13.6. The summed E-state index contributed by atoms with van der Waals surface area (Å²) in [6, 6.07) is 0.414. The number of nitrogens with zero attached hydrogens (tertiary/aromatic N) is 1. The van der Waals surface area contributed by atoms with Crippen LogP contribution in [0, 0.1) is 0 Å². The summed E-state index contributed by atoms with van der Waals surface area (Å²) in [5, 5.41) is 14.8. The minimum Gasteiger partial charge on any atom is -0.479 e. The van der Waals surface area contributed by atoms with Crippen molar-refractivity contribution in [2.24, 2.45) is 0 Å². The molecule has 0 radical (unpaired) electrons. The summed E-state index contributed by atoms with van der Waals surface area (Å²) in [6.45, 7) is 11.5. The quantitative estimate of drug-likeness (QED) is 0.405. The number of carboxylic acid groups (broad SMARTS) is 2. The van der Waals surface area contributed by atoms with Gasteiger partial charge in [0, 0.05) is 17.5 Å². The van der Waals surface area contributed by atoms with E-state index < -0.39 is 11.9 Å². The summed E-state index contributed by atoms with van der Waals surface area (Å²) < 4.78 is 11.9. The van der Waals surface area contributed by atoms with E-state index in [9.17, 15) is 0 Å². The summed E-state index contributed by atoms with van der Waals surface area (Å²) in [5.74, 6) is -1.81. The van der Waals surface area contributed by atoms with Crippen molar-refractivity contribution >= 4 is 68.7 Å². The molecule has 0 aliphatic carbocycles.